The molecule has 1 heterocycles. The number of ether oxygens (including phenoxy) is 1. The maximum absolute atomic E-state index is 12.7. The maximum atomic E-state index is 12.7. The first kappa shape index (κ1) is 20.4. The van der Waals surface area contributed by atoms with Crippen LogP contribution in [-0.4, -0.2) is 18.1 Å². The first-order valence-electron chi connectivity index (χ1n) is 7.97. The summed E-state index contributed by atoms with van der Waals surface area (Å²) in [4.78, 5) is 18.6. The molecule has 136 valence electrons. The van der Waals surface area contributed by atoms with Gasteiger partial charge < -0.3 is 4.74 Å². The van der Waals surface area contributed by atoms with E-state index in [9.17, 15) is 4.79 Å². The molecular formula is C20H20Br2N2O2. The molecule has 4 nitrogen and oxygen atoms in total. The van der Waals surface area contributed by atoms with Crippen molar-refractivity contribution in [3.8, 4) is 0 Å². The van der Waals surface area contributed by atoms with Gasteiger partial charge in [-0.1, -0.05) is 39.7 Å². The number of carbonyl (C=O) groups excluding carboxylic acids is 1. The molecule has 0 spiro atoms. The van der Waals surface area contributed by atoms with Crippen molar-refractivity contribution >= 4 is 49.4 Å². The fourth-order valence-electron chi connectivity index (χ4n) is 2.16. The van der Waals surface area contributed by atoms with Gasteiger partial charge in [0.05, 0.1) is 4.48 Å². The number of hydrogen-bond acceptors (Lipinski definition) is 3. The lowest BCUT2D eigenvalue weighted by Gasteiger charge is -2.19. The van der Waals surface area contributed by atoms with Crippen LogP contribution in [0.2, 0.25) is 0 Å². The monoisotopic (exact) mass is 478 g/mol. The number of anilines is 1. The van der Waals surface area contributed by atoms with Gasteiger partial charge in [-0.15, -0.1) is 0 Å². The van der Waals surface area contributed by atoms with Crippen LogP contribution in [0.3, 0.4) is 0 Å². The topological polar surface area (TPSA) is 42.4 Å². The van der Waals surface area contributed by atoms with Gasteiger partial charge in [0.25, 0.3) is 0 Å². The van der Waals surface area contributed by atoms with E-state index < -0.39 is 6.09 Å². The predicted octanol–water partition coefficient (Wildman–Crippen LogP) is 6.33. The Morgan fingerprint density at radius 3 is 2.35 bits per heavy atom. The molecule has 1 amide bonds. The Hall–Kier alpha value is -1.92. The average molecular weight is 480 g/mol. The Kier molecular flexibility index (Phi) is 7.17. The molecule has 1 aromatic carbocycles. The summed E-state index contributed by atoms with van der Waals surface area (Å²) in [6.45, 7) is 5.78. The molecule has 0 atom stereocenters. The van der Waals surface area contributed by atoms with E-state index in [0.29, 0.717) is 15.9 Å². The predicted molar refractivity (Wildman–Crippen MR) is 114 cm³/mol. The Bertz CT molecular complexity index is 854. The lowest BCUT2D eigenvalue weighted by Crippen LogP contribution is -2.26. The van der Waals surface area contributed by atoms with Crippen LogP contribution in [0.5, 0.6) is 0 Å². The van der Waals surface area contributed by atoms with E-state index in [1.165, 1.54) is 4.90 Å². The van der Waals surface area contributed by atoms with Gasteiger partial charge >= 0.3 is 6.09 Å². The third-order valence-electron chi connectivity index (χ3n) is 3.55. The molecule has 0 aliphatic carbocycles. The molecule has 0 radical (unpaired) electrons. The molecule has 2 aromatic rings. The van der Waals surface area contributed by atoms with Crippen molar-refractivity contribution in [1.82, 2.24) is 4.98 Å². The van der Waals surface area contributed by atoms with Crippen LogP contribution in [-0.2, 0) is 4.74 Å². The van der Waals surface area contributed by atoms with Crippen molar-refractivity contribution in [2.45, 2.75) is 20.8 Å². The number of pyridine rings is 1. The molecule has 0 saturated heterocycles. The van der Waals surface area contributed by atoms with Gasteiger partial charge in [-0.25, -0.2) is 9.78 Å². The smallest absolute Gasteiger partial charge is 0.406 e. The lowest BCUT2D eigenvalue weighted by atomic mass is 10.2. The van der Waals surface area contributed by atoms with Gasteiger partial charge in [0.15, 0.2) is 5.76 Å². The minimum absolute atomic E-state index is 0.358. The first-order valence-corrected chi connectivity index (χ1v) is 9.56. The molecular weight excluding hydrogens is 460 g/mol. The summed E-state index contributed by atoms with van der Waals surface area (Å²) < 4.78 is 7.20. The normalized spacial score (nSPS) is 12.5. The van der Waals surface area contributed by atoms with Crippen LogP contribution in [0, 0.1) is 13.8 Å². The van der Waals surface area contributed by atoms with Gasteiger partial charge in [0.2, 0.25) is 0 Å². The summed E-state index contributed by atoms with van der Waals surface area (Å²) >= 11 is 6.88. The second-order valence-corrected chi connectivity index (χ2v) is 7.94. The SMILES string of the molecule is C/C(Br)=C\C(Br)=C(\OC(=O)N(C)c1ccc(C)cc1)c1cccc(C)n1. The standard InChI is InChI=1S/C20H20Br2N2O2/c1-13-8-10-16(11-9-13)24(4)20(25)26-19(17(22)12-14(2)21)18-7-5-6-15(3)23-18/h5-12H,1-4H3/b14-12+,19-17-. The highest BCUT2D eigenvalue weighted by Gasteiger charge is 2.19. The highest BCUT2D eigenvalue weighted by atomic mass is 79.9. The molecule has 0 aliphatic heterocycles. The largest absolute Gasteiger partial charge is 0.419 e. The van der Waals surface area contributed by atoms with Crippen molar-refractivity contribution in [1.29, 1.82) is 0 Å². The number of nitrogens with zero attached hydrogens (tertiary/aromatic N) is 2. The highest BCUT2D eigenvalue weighted by molar-refractivity contribution is 9.12. The van der Waals surface area contributed by atoms with Crippen LogP contribution >= 0.6 is 31.9 Å². The minimum atomic E-state index is -0.496. The Balaban J connectivity index is 2.36. The zero-order valence-corrected chi connectivity index (χ0v) is 18.3. The summed E-state index contributed by atoms with van der Waals surface area (Å²) in [7, 11) is 1.67. The number of carbonyl (C=O) groups is 1. The molecule has 0 bridgehead atoms. The van der Waals surface area contributed by atoms with Crippen molar-refractivity contribution in [3.05, 3.63) is 74.5 Å². The molecule has 0 fully saturated rings. The van der Waals surface area contributed by atoms with Crippen molar-refractivity contribution in [2.24, 2.45) is 0 Å². The minimum Gasteiger partial charge on any atom is -0.406 e. The molecule has 0 N–H and O–H groups in total. The molecule has 6 heteroatoms. The van der Waals surface area contributed by atoms with Crippen LogP contribution in [0.25, 0.3) is 5.76 Å². The van der Waals surface area contributed by atoms with Crippen LogP contribution in [0.1, 0.15) is 23.9 Å². The Morgan fingerprint density at radius 1 is 1.12 bits per heavy atom. The number of amides is 1. The van der Waals surface area contributed by atoms with Crippen LogP contribution in [0.4, 0.5) is 10.5 Å². The van der Waals surface area contributed by atoms with E-state index in [4.69, 9.17) is 4.74 Å². The quantitative estimate of drug-likeness (QED) is 0.379. The maximum Gasteiger partial charge on any atom is 0.419 e. The number of rotatable bonds is 4. The van der Waals surface area contributed by atoms with Crippen molar-refractivity contribution in [2.75, 3.05) is 11.9 Å². The van der Waals surface area contributed by atoms with Crippen molar-refractivity contribution < 1.29 is 9.53 Å². The summed E-state index contributed by atoms with van der Waals surface area (Å²) in [5.74, 6) is 0.358. The van der Waals surface area contributed by atoms with E-state index in [1.54, 1.807) is 13.1 Å². The van der Waals surface area contributed by atoms with Crippen molar-refractivity contribution in [3.63, 3.8) is 0 Å². The third-order valence-corrected chi connectivity index (χ3v) is 4.37. The first-order chi connectivity index (χ1) is 12.3. The Labute approximate surface area is 170 Å². The summed E-state index contributed by atoms with van der Waals surface area (Å²) in [6, 6.07) is 13.2. The number of benzene rings is 1. The van der Waals surface area contributed by atoms with Gasteiger partial charge in [-0.3, -0.25) is 4.90 Å². The third kappa shape index (κ3) is 5.54. The molecule has 26 heavy (non-hydrogen) atoms. The highest BCUT2D eigenvalue weighted by Crippen LogP contribution is 2.27. The summed E-state index contributed by atoms with van der Waals surface area (Å²) in [5, 5.41) is 0. The van der Waals surface area contributed by atoms with E-state index in [2.05, 4.69) is 36.8 Å². The number of hydrogen-bond donors (Lipinski definition) is 0. The molecule has 2 rings (SSSR count). The molecule has 0 aliphatic rings. The van der Waals surface area contributed by atoms with Gasteiger partial charge in [0.1, 0.15) is 5.69 Å². The zero-order chi connectivity index (χ0) is 19.3. The molecule has 0 saturated carbocycles. The zero-order valence-electron chi connectivity index (χ0n) is 15.1. The van der Waals surface area contributed by atoms with Crippen LogP contribution in [0.15, 0.2) is 57.5 Å². The molecule has 0 unspecified atom stereocenters. The van der Waals surface area contributed by atoms with Gasteiger partial charge in [-0.2, -0.15) is 0 Å². The van der Waals surface area contributed by atoms with E-state index in [0.717, 1.165) is 21.4 Å². The van der Waals surface area contributed by atoms with E-state index >= 15 is 0 Å². The van der Waals surface area contributed by atoms with Gasteiger partial charge in [0, 0.05) is 18.4 Å². The number of aromatic nitrogens is 1. The van der Waals surface area contributed by atoms with E-state index in [1.807, 2.05) is 63.2 Å². The fourth-order valence-corrected chi connectivity index (χ4v) is 3.33. The van der Waals surface area contributed by atoms with E-state index in [-0.39, 0.29) is 0 Å². The van der Waals surface area contributed by atoms with Crippen LogP contribution < -0.4 is 4.90 Å². The van der Waals surface area contributed by atoms with Gasteiger partial charge in [-0.05, 0) is 71.5 Å². The fraction of sp³-hybridized carbons (Fsp3) is 0.200. The lowest BCUT2D eigenvalue weighted by molar-refractivity contribution is 0.200. The summed E-state index contributed by atoms with van der Waals surface area (Å²) in [5.41, 5.74) is 3.29. The second kappa shape index (κ2) is 9.14. The number of allylic oxidation sites excluding steroid dienone is 3. The Morgan fingerprint density at radius 2 is 1.77 bits per heavy atom. The summed E-state index contributed by atoms with van der Waals surface area (Å²) in [6.07, 6.45) is 1.32. The number of aryl methyl sites for hydroxylation is 2. The number of halogens is 2. The average Bonchev–Trinajstić information content (AvgIpc) is 2.58. The molecule has 1 aromatic heterocycles. The second-order valence-electron chi connectivity index (χ2n) is 5.83.